The van der Waals surface area contributed by atoms with E-state index in [1.807, 2.05) is 31.2 Å². The van der Waals surface area contributed by atoms with Crippen LogP contribution in [0.15, 0.2) is 48.5 Å². The van der Waals surface area contributed by atoms with E-state index in [-0.39, 0.29) is 11.8 Å². The standard InChI is InChI=1S/C20H21ClN2O3/c1-3-26-18-10-8-17(9-11-18)23-13-12-22(14(2)19(23)24)20(25)15-4-6-16(21)7-5-15/h4-11,14H,3,12-13H2,1-2H3. The van der Waals surface area contributed by atoms with Gasteiger partial charge in [-0.3, -0.25) is 9.59 Å². The third-order valence-corrected chi connectivity index (χ3v) is 4.72. The smallest absolute Gasteiger partial charge is 0.254 e. The van der Waals surface area contributed by atoms with Gasteiger partial charge in [-0.15, -0.1) is 0 Å². The molecule has 1 aliphatic heterocycles. The van der Waals surface area contributed by atoms with Gasteiger partial charge in [0.05, 0.1) is 6.61 Å². The van der Waals surface area contributed by atoms with Gasteiger partial charge in [0.1, 0.15) is 11.8 Å². The first-order valence-corrected chi connectivity index (χ1v) is 9.00. The van der Waals surface area contributed by atoms with Crippen LogP contribution in [0.1, 0.15) is 24.2 Å². The van der Waals surface area contributed by atoms with Crippen LogP contribution in [-0.4, -0.2) is 42.5 Å². The molecule has 0 radical (unpaired) electrons. The van der Waals surface area contributed by atoms with Gasteiger partial charge < -0.3 is 14.5 Å². The summed E-state index contributed by atoms with van der Waals surface area (Å²) in [5.74, 6) is 0.518. The van der Waals surface area contributed by atoms with Crippen LogP contribution in [0.2, 0.25) is 5.02 Å². The third kappa shape index (κ3) is 3.68. The van der Waals surface area contributed by atoms with Crippen molar-refractivity contribution in [2.75, 3.05) is 24.6 Å². The van der Waals surface area contributed by atoms with Crippen molar-refractivity contribution < 1.29 is 14.3 Å². The molecule has 0 aliphatic carbocycles. The van der Waals surface area contributed by atoms with E-state index >= 15 is 0 Å². The average molecular weight is 373 g/mol. The molecular weight excluding hydrogens is 352 g/mol. The van der Waals surface area contributed by atoms with Gasteiger partial charge in [0, 0.05) is 29.4 Å². The Balaban J connectivity index is 1.73. The summed E-state index contributed by atoms with van der Waals surface area (Å²) < 4.78 is 5.44. The van der Waals surface area contributed by atoms with Crippen LogP contribution in [0.4, 0.5) is 5.69 Å². The minimum Gasteiger partial charge on any atom is -0.494 e. The van der Waals surface area contributed by atoms with Gasteiger partial charge in [-0.25, -0.2) is 0 Å². The number of carbonyl (C=O) groups excluding carboxylic acids is 2. The Labute approximate surface area is 158 Å². The average Bonchev–Trinajstić information content (AvgIpc) is 2.65. The van der Waals surface area contributed by atoms with E-state index in [0.717, 1.165) is 11.4 Å². The lowest BCUT2D eigenvalue weighted by atomic mass is 10.1. The number of nitrogens with zero attached hydrogens (tertiary/aromatic N) is 2. The Hall–Kier alpha value is -2.53. The lowest BCUT2D eigenvalue weighted by Crippen LogP contribution is -2.57. The second-order valence-electron chi connectivity index (χ2n) is 6.10. The van der Waals surface area contributed by atoms with Gasteiger partial charge in [0.25, 0.3) is 5.91 Å². The molecule has 0 saturated carbocycles. The summed E-state index contributed by atoms with van der Waals surface area (Å²) in [4.78, 5) is 28.9. The van der Waals surface area contributed by atoms with Crippen molar-refractivity contribution in [3.8, 4) is 5.75 Å². The molecule has 26 heavy (non-hydrogen) atoms. The molecule has 2 aromatic carbocycles. The predicted molar refractivity (Wildman–Crippen MR) is 102 cm³/mol. The Bertz CT molecular complexity index is 790. The van der Waals surface area contributed by atoms with E-state index in [1.54, 1.807) is 41.0 Å². The van der Waals surface area contributed by atoms with Gasteiger partial charge in [0.2, 0.25) is 5.91 Å². The molecule has 0 N–H and O–H groups in total. The fourth-order valence-corrected chi connectivity index (χ4v) is 3.18. The summed E-state index contributed by atoms with van der Waals surface area (Å²) in [6.07, 6.45) is 0. The fourth-order valence-electron chi connectivity index (χ4n) is 3.05. The Morgan fingerprint density at radius 1 is 1.12 bits per heavy atom. The quantitative estimate of drug-likeness (QED) is 0.823. The molecule has 5 nitrogen and oxygen atoms in total. The van der Waals surface area contributed by atoms with Gasteiger partial charge in [-0.2, -0.15) is 0 Å². The van der Waals surface area contributed by atoms with Crippen molar-refractivity contribution in [1.29, 1.82) is 0 Å². The molecule has 1 heterocycles. The van der Waals surface area contributed by atoms with Crippen LogP contribution < -0.4 is 9.64 Å². The SMILES string of the molecule is CCOc1ccc(N2CCN(C(=O)c3ccc(Cl)cc3)C(C)C2=O)cc1. The minimum atomic E-state index is -0.529. The first-order chi connectivity index (χ1) is 12.5. The number of carbonyl (C=O) groups is 2. The number of rotatable bonds is 4. The van der Waals surface area contributed by atoms with Crippen LogP contribution in [-0.2, 0) is 4.79 Å². The van der Waals surface area contributed by atoms with Crippen LogP contribution in [0.5, 0.6) is 5.75 Å². The molecule has 1 aliphatic rings. The highest BCUT2D eigenvalue weighted by molar-refractivity contribution is 6.30. The maximum Gasteiger partial charge on any atom is 0.254 e. The number of anilines is 1. The van der Waals surface area contributed by atoms with Crippen molar-refractivity contribution in [2.45, 2.75) is 19.9 Å². The lowest BCUT2D eigenvalue weighted by molar-refractivity contribution is -0.124. The molecule has 136 valence electrons. The molecule has 3 rings (SSSR count). The summed E-state index contributed by atoms with van der Waals surface area (Å²) in [5.41, 5.74) is 1.34. The van der Waals surface area contributed by atoms with E-state index in [4.69, 9.17) is 16.3 Å². The number of hydrogen-bond donors (Lipinski definition) is 0. The lowest BCUT2D eigenvalue weighted by Gasteiger charge is -2.39. The number of amides is 2. The zero-order valence-electron chi connectivity index (χ0n) is 14.8. The first kappa shape index (κ1) is 18.3. The summed E-state index contributed by atoms with van der Waals surface area (Å²) in [7, 11) is 0. The van der Waals surface area contributed by atoms with Crippen LogP contribution in [0, 0.1) is 0 Å². The molecule has 2 amide bonds. The van der Waals surface area contributed by atoms with Gasteiger partial charge >= 0.3 is 0 Å². The molecule has 1 fully saturated rings. The highest BCUT2D eigenvalue weighted by Gasteiger charge is 2.35. The van der Waals surface area contributed by atoms with E-state index in [0.29, 0.717) is 30.3 Å². The zero-order chi connectivity index (χ0) is 18.7. The molecule has 2 aromatic rings. The van der Waals surface area contributed by atoms with Gasteiger partial charge in [-0.1, -0.05) is 11.6 Å². The summed E-state index contributed by atoms with van der Waals surface area (Å²) in [6, 6.07) is 13.6. The Morgan fingerprint density at radius 2 is 1.77 bits per heavy atom. The van der Waals surface area contributed by atoms with E-state index in [9.17, 15) is 9.59 Å². The summed E-state index contributed by atoms with van der Waals surface area (Å²) in [6.45, 7) is 5.21. The molecule has 0 bridgehead atoms. The molecule has 1 saturated heterocycles. The number of benzene rings is 2. The van der Waals surface area contributed by atoms with E-state index in [2.05, 4.69) is 0 Å². The Morgan fingerprint density at radius 3 is 2.38 bits per heavy atom. The molecule has 0 spiro atoms. The normalized spacial score (nSPS) is 17.3. The number of piperazine rings is 1. The third-order valence-electron chi connectivity index (χ3n) is 4.47. The summed E-state index contributed by atoms with van der Waals surface area (Å²) in [5, 5.41) is 0.575. The van der Waals surface area contributed by atoms with Gasteiger partial charge in [0.15, 0.2) is 0 Å². The Kier molecular flexibility index (Phi) is 5.47. The largest absolute Gasteiger partial charge is 0.494 e. The maximum atomic E-state index is 12.8. The predicted octanol–water partition coefficient (Wildman–Crippen LogP) is 3.62. The van der Waals surface area contributed by atoms with Crippen LogP contribution in [0.3, 0.4) is 0 Å². The second-order valence-corrected chi connectivity index (χ2v) is 6.53. The maximum absolute atomic E-state index is 12.8. The number of hydrogen-bond acceptors (Lipinski definition) is 3. The van der Waals surface area contributed by atoms with Crippen molar-refractivity contribution >= 4 is 29.1 Å². The van der Waals surface area contributed by atoms with Crippen molar-refractivity contribution in [1.82, 2.24) is 4.90 Å². The minimum absolute atomic E-state index is 0.0947. The number of ether oxygens (including phenoxy) is 1. The molecular formula is C20H21ClN2O3. The second kappa shape index (κ2) is 7.79. The monoisotopic (exact) mass is 372 g/mol. The highest BCUT2D eigenvalue weighted by Crippen LogP contribution is 2.24. The molecule has 6 heteroatoms. The number of halogens is 1. The van der Waals surface area contributed by atoms with Crippen LogP contribution >= 0.6 is 11.6 Å². The van der Waals surface area contributed by atoms with Crippen molar-refractivity contribution in [3.63, 3.8) is 0 Å². The van der Waals surface area contributed by atoms with Crippen molar-refractivity contribution in [2.24, 2.45) is 0 Å². The van der Waals surface area contributed by atoms with Gasteiger partial charge in [-0.05, 0) is 62.4 Å². The van der Waals surface area contributed by atoms with Crippen molar-refractivity contribution in [3.05, 3.63) is 59.1 Å². The van der Waals surface area contributed by atoms with E-state index < -0.39 is 6.04 Å². The highest BCUT2D eigenvalue weighted by atomic mass is 35.5. The molecule has 1 unspecified atom stereocenters. The molecule has 0 aromatic heterocycles. The summed E-state index contributed by atoms with van der Waals surface area (Å²) >= 11 is 5.88. The zero-order valence-corrected chi connectivity index (χ0v) is 15.6. The fraction of sp³-hybridized carbons (Fsp3) is 0.300. The molecule has 1 atom stereocenters. The first-order valence-electron chi connectivity index (χ1n) is 8.62. The van der Waals surface area contributed by atoms with Crippen LogP contribution in [0.25, 0.3) is 0 Å². The topological polar surface area (TPSA) is 49.9 Å². The van der Waals surface area contributed by atoms with E-state index in [1.165, 1.54) is 0 Å².